The van der Waals surface area contributed by atoms with Crippen LogP contribution in [0.1, 0.15) is 15.9 Å². The first-order valence-electron chi connectivity index (χ1n) is 6.47. The van der Waals surface area contributed by atoms with E-state index in [0.29, 0.717) is 0 Å². The molecule has 0 amide bonds. The molecule has 0 radical (unpaired) electrons. The van der Waals surface area contributed by atoms with Crippen LogP contribution >= 0.6 is 0 Å². The molecular weight excluding hydrogens is 313 g/mol. The number of hydrogen-bond donors (Lipinski definition) is 0. The van der Waals surface area contributed by atoms with Crippen LogP contribution < -0.4 is 5.63 Å². The lowest BCUT2D eigenvalue weighted by Gasteiger charge is -2.09. The van der Waals surface area contributed by atoms with Gasteiger partial charge in [-0.25, -0.2) is 9.59 Å². The van der Waals surface area contributed by atoms with Crippen LogP contribution in [0.25, 0.3) is 21.7 Å². The predicted octanol–water partition coefficient (Wildman–Crippen LogP) is 3.75. The van der Waals surface area contributed by atoms with Gasteiger partial charge in [-0.3, -0.25) is 0 Å². The maximum atomic E-state index is 12.9. The largest absolute Gasteiger partial charge is 0.465 e. The van der Waals surface area contributed by atoms with E-state index in [-0.39, 0.29) is 27.3 Å². The number of ether oxygens (including phenoxy) is 1. The fourth-order valence-corrected chi connectivity index (χ4v) is 2.35. The molecule has 118 valence electrons. The first-order chi connectivity index (χ1) is 10.8. The van der Waals surface area contributed by atoms with E-state index < -0.39 is 23.3 Å². The monoisotopic (exact) mass is 322 g/mol. The van der Waals surface area contributed by atoms with Crippen LogP contribution in [0, 0.1) is 0 Å². The first kappa shape index (κ1) is 15.1. The van der Waals surface area contributed by atoms with Gasteiger partial charge in [0.1, 0.15) is 5.58 Å². The molecule has 0 saturated carbocycles. The summed E-state index contributed by atoms with van der Waals surface area (Å²) in [5.74, 6) is -0.641. The summed E-state index contributed by atoms with van der Waals surface area (Å²) in [7, 11) is 1.19. The van der Waals surface area contributed by atoms with Crippen molar-refractivity contribution in [3.8, 4) is 0 Å². The summed E-state index contributed by atoms with van der Waals surface area (Å²) in [5.41, 5.74) is -1.39. The van der Waals surface area contributed by atoms with Crippen molar-refractivity contribution in [2.45, 2.75) is 6.18 Å². The van der Waals surface area contributed by atoms with Crippen molar-refractivity contribution in [3.05, 3.63) is 57.9 Å². The van der Waals surface area contributed by atoms with Crippen molar-refractivity contribution < 1.29 is 27.1 Å². The molecule has 0 spiro atoms. The van der Waals surface area contributed by atoms with E-state index in [1.54, 1.807) is 0 Å². The normalized spacial score (nSPS) is 11.8. The average Bonchev–Trinajstić information content (AvgIpc) is 2.52. The second-order valence-corrected chi connectivity index (χ2v) is 4.85. The van der Waals surface area contributed by atoms with Gasteiger partial charge in [0.05, 0.1) is 23.6 Å². The molecule has 4 nitrogen and oxygen atoms in total. The van der Waals surface area contributed by atoms with Crippen molar-refractivity contribution in [2.75, 3.05) is 7.11 Å². The lowest BCUT2D eigenvalue weighted by Crippen LogP contribution is -2.07. The molecule has 3 rings (SSSR count). The average molecular weight is 322 g/mol. The fourth-order valence-electron chi connectivity index (χ4n) is 2.35. The highest BCUT2D eigenvalue weighted by Gasteiger charge is 2.31. The Hall–Kier alpha value is -2.83. The van der Waals surface area contributed by atoms with Gasteiger partial charge in [-0.05, 0) is 36.4 Å². The zero-order chi connectivity index (χ0) is 16.8. The molecule has 0 fully saturated rings. The van der Waals surface area contributed by atoms with E-state index in [2.05, 4.69) is 4.74 Å². The van der Waals surface area contributed by atoms with Crippen molar-refractivity contribution >= 4 is 27.7 Å². The SMILES string of the molecule is COC(=O)c1ccc2oc(=O)c3ccc(C(F)(F)F)cc3c2c1. The van der Waals surface area contributed by atoms with Gasteiger partial charge in [-0.15, -0.1) is 0 Å². The molecule has 0 aliphatic rings. The third-order valence-corrected chi connectivity index (χ3v) is 3.46. The molecule has 2 aromatic carbocycles. The summed E-state index contributed by atoms with van der Waals surface area (Å²) < 4.78 is 48.4. The van der Waals surface area contributed by atoms with Gasteiger partial charge in [0, 0.05) is 10.8 Å². The van der Waals surface area contributed by atoms with Crippen LogP contribution in [-0.4, -0.2) is 13.1 Å². The standard InChI is InChI=1S/C16H9F3O4/c1-22-14(20)8-2-5-13-12(6-8)11-7-9(16(17,18)19)3-4-10(11)15(21)23-13/h2-7H,1H3. The van der Waals surface area contributed by atoms with Crippen molar-refractivity contribution in [1.29, 1.82) is 0 Å². The van der Waals surface area contributed by atoms with Gasteiger partial charge in [0.15, 0.2) is 0 Å². The minimum absolute atomic E-state index is 0.00696. The number of esters is 1. The second kappa shape index (κ2) is 5.12. The quantitative estimate of drug-likeness (QED) is 0.389. The summed E-state index contributed by atoms with van der Waals surface area (Å²) in [5, 5.41) is 0.304. The molecule has 1 heterocycles. The van der Waals surface area contributed by atoms with Crippen molar-refractivity contribution in [1.82, 2.24) is 0 Å². The van der Waals surface area contributed by atoms with E-state index in [1.807, 2.05) is 0 Å². The molecule has 7 heteroatoms. The van der Waals surface area contributed by atoms with Gasteiger partial charge >= 0.3 is 17.8 Å². The molecule has 0 aliphatic carbocycles. The number of benzene rings is 2. The van der Waals surface area contributed by atoms with Gasteiger partial charge in [-0.2, -0.15) is 13.2 Å². The van der Waals surface area contributed by atoms with Crippen LogP contribution in [0.15, 0.2) is 45.6 Å². The lowest BCUT2D eigenvalue weighted by molar-refractivity contribution is -0.137. The Morgan fingerprint density at radius 1 is 1.04 bits per heavy atom. The second-order valence-electron chi connectivity index (χ2n) is 4.85. The molecule has 0 bridgehead atoms. The Morgan fingerprint density at radius 2 is 1.78 bits per heavy atom. The summed E-state index contributed by atoms with van der Waals surface area (Å²) in [6.45, 7) is 0. The van der Waals surface area contributed by atoms with Gasteiger partial charge in [-0.1, -0.05) is 0 Å². The summed E-state index contributed by atoms with van der Waals surface area (Å²) in [6, 6.07) is 6.81. The predicted molar refractivity (Wildman–Crippen MR) is 76.3 cm³/mol. The molecular formula is C16H9F3O4. The highest BCUT2D eigenvalue weighted by molar-refractivity contribution is 6.07. The molecule has 0 aliphatic heterocycles. The number of halogens is 3. The van der Waals surface area contributed by atoms with Crippen LogP contribution in [0.5, 0.6) is 0 Å². The van der Waals surface area contributed by atoms with E-state index in [1.165, 1.54) is 25.3 Å². The number of methoxy groups -OCH3 is 1. The van der Waals surface area contributed by atoms with E-state index in [9.17, 15) is 22.8 Å². The van der Waals surface area contributed by atoms with Crippen LogP contribution in [0.3, 0.4) is 0 Å². The summed E-state index contributed by atoms with van der Waals surface area (Å²) in [4.78, 5) is 23.5. The smallest absolute Gasteiger partial charge is 0.416 e. The minimum Gasteiger partial charge on any atom is -0.465 e. The third kappa shape index (κ3) is 2.54. The summed E-state index contributed by atoms with van der Waals surface area (Å²) >= 11 is 0. The van der Waals surface area contributed by atoms with E-state index in [0.717, 1.165) is 18.2 Å². The molecule has 0 atom stereocenters. The number of hydrogen-bond acceptors (Lipinski definition) is 4. The number of rotatable bonds is 1. The maximum absolute atomic E-state index is 12.9. The van der Waals surface area contributed by atoms with Crippen LogP contribution in [0.4, 0.5) is 13.2 Å². The Bertz CT molecular complexity index is 986. The summed E-state index contributed by atoms with van der Waals surface area (Å²) in [6.07, 6.45) is -4.55. The number of carbonyl (C=O) groups excluding carboxylic acids is 1. The molecule has 0 saturated heterocycles. The fraction of sp³-hybridized carbons (Fsp3) is 0.125. The Morgan fingerprint density at radius 3 is 2.43 bits per heavy atom. The molecule has 23 heavy (non-hydrogen) atoms. The Labute approximate surface area is 127 Å². The number of alkyl halides is 3. The van der Waals surface area contributed by atoms with Crippen molar-refractivity contribution in [2.24, 2.45) is 0 Å². The van der Waals surface area contributed by atoms with E-state index in [4.69, 9.17) is 4.42 Å². The van der Waals surface area contributed by atoms with Gasteiger partial charge in [0.25, 0.3) is 0 Å². The number of carbonyl (C=O) groups is 1. The van der Waals surface area contributed by atoms with E-state index >= 15 is 0 Å². The minimum atomic E-state index is -4.55. The number of fused-ring (bicyclic) bond motifs is 3. The molecule has 0 N–H and O–H groups in total. The molecule has 1 aromatic heterocycles. The Kier molecular flexibility index (Phi) is 3.35. The van der Waals surface area contributed by atoms with Crippen molar-refractivity contribution in [3.63, 3.8) is 0 Å². The highest BCUT2D eigenvalue weighted by atomic mass is 19.4. The van der Waals surface area contributed by atoms with Crippen LogP contribution in [-0.2, 0) is 10.9 Å². The molecule has 0 unspecified atom stereocenters. The van der Waals surface area contributed by atoms with Crippen LogP contribution in [0.2, 0.25) is 0 Å². The highest BCUT2D eigenvalue weighted by Crippen LogP contribution is 2.33. The third-order valence-electron chi connectivity index (χ3n) is 3.46. The first-order valence-corrected chi connectivity index (χ1v) is 6.47. The topological polar surface area (TPSA) is 56.5 Å². The van der Waals surface area contributed by atoms with Gasteiger partial charge < -0.3 is 9.15 Å². The zero-order valence-corrected chi connectivity index (χ0v) is 11.7. The van der Waals surface area contributed by atoms with Gasteiger partial charge in [0.2, 0.25) is 0 Å². The Balaban J connectivity index is 2.42. The lowest BCUT2D eigenvalue weighted by atomic mass is 10.0. The maximum Gasteiger partial charge on any atom is 0.416 e. The molecule has 3 aromatic rings. The zero-order valence-electron chi connectivity index (χ0n) is 11.7.